The van der Waals surface area contributed by atoms with Gasteiger partial charge in [-0.2, -0.15) is 0 Å². The maximum absolute atomic E-state index is 6.09. The van der Waals surface area contributed by atoms with E-state index in [4.69, 9.17) is 22.1 Å². The molecule has 1 aliphatic heterocycles. The molecule has 1 aromatic heterocycles. The lowest BCUT2D eigenvalue weighted by Gasteiger charge is -2.32. The largest absolute Gasteiger partial charge is 0.397 e. The van der Waals surface area contributed by atoms with Crippen LogP contribution >= 0.6 is 11.6 Å². The van der Waals surface area contributed by atoms with E-state index < -0.39 is 0 Å². The molecule has 1 aromatic rings. The predicted octanol–water partition coefficient (Wildman–Crippen LogP) is 1.54. The average Bonchev–Trinajstić information content (AvgIpc) is 2.17. The number of rotatable bonds is 1. The molecular formula is C10H14ClN3O. The van der Waals surface area contributed by atoms with Crippen LogP contribution in [0.2, 0.25) is 5.02 Å². The second kappa shape index (κ2) is 4.24. The summed E-state index contributed by atoms with van der Waals surface area (Å²) < 4.78 is 5.46. The van der Waals surface area contributed by atoms with Crippen LogP contribution in [0.15, 0.2) is 12.3 Å². The van der Waals surface area contributed by atoms with Crippen molar-refractivity contribution in [2.24, 2.45) is 0 Å². The van der Waals surface area contributed by atoms with E-state index in [1.165, 1.54) is 0 Å². The normalized spacial score (nSPS) is 21.7. The van der Waals surface area contributed by atoms with Crippen LogP contribution in [-0.4, -0.2) is 30.8 Å². The number of halogens is 1. The Morgan fingerprint density at radius 2 is 2.47 bits per heavy atom. The molecule has 15 heavy (non-hydrogen) atoms. The molecule has 1 fully saturated rings. The van der Waals surface area contributed by atoms with E-state index in [0.29, 0.717) is 17.3 Å². The fourth-order valence-electron chi connectivity index (χ4n) is 1.69. The van der Waals surface area contributed by atoms with Crippen molar-refractivity contribution >= 4 is 23.1 Å². The molecule has 0 saturated carbocycles. The van der Waals surface area contributed by atoms with Gasteiger partial charge in [0.05, 0.1) is 29.6 Å². The van der Waals surface area contributed by atoms with Gasteiger partial charge in [0.2, 0.25) is 0 Å². The van der Waals surface area contributed by atoms with Crippen molar-refractivity contribution in [3.8, 4) is 0 Å². The van der Waals surface area contributed by atoms with Gasteiger partial charge in [-0.1, -0.05) is 11.6 Å². The highest BCUT2D eigenvalue weighted by Crippen LogP contribution is 2.26. The fourth-order valence-corrected chi connectivity index (χ4v) is 1.98. The molecule has 1 atom stereocenters. The van der Waals surface area contributed by atoms with Crippen molar-refractivity contribution < 1.29 is 4.74 Å². The molecule has 1 aliphatic rings. The van der Waals surface area contributed by atoms with Crippen LogP contribution in [-0.2, 0) is 4.74 Å². The zero-order chi connectivity index (χ0) is 10.8. The Morgan fingerprint density at radius 3 is 3.13 bits per heavy atom. The maximum Gasteiger partial charge on any atom is 0.147 e. The van der Waals surface area contributed by atoms with E-state index >= 15 is 0 Å². The topological polar surface area (TPSA) is 51.4 Å². The average molecular weight is 228 g/mol. The number of hydrogen-bond acceptors (Lipinski definition) is 4. The lowest BCUT2D eigenvalue weighted by molar-refractivity contribution is 0.0529. The Bertz CT molecular complexity index is 359. The molecule has 0 radical (unpaired) electrons. The van der Waals surface area contributed by atoms with Gasteiger partial charge in [0.15, 0.2) is 0 Å². The minimum absolute atomic E-state index is 0.217. The van der Waals surface area contributed by atoms with E-state index in [0.717, 1.165) is 18.9 Å². The number of ether oxygens (including phenoxy) is 1. The molecule has 0 amide bonds. The van der Waals surface area contributed by atoms with Gasteiger partial charge in [-0.3, -0.25) is 0 Å². The summed E-state index contributed by atoms with van der Waals surface area (Å²) in [5.74, 6) is 0.793. The summed E-state index contributed by atoms with van der Waals surface area (Å²) in [6, 6.07) is 1.73. The summed E-state index contributed by atoms with van der Waals surface area (Å²) in [5.41, 5.74) is 6.18. The predicted molar refractivity (Wildman–Crippen MR) is 61.3 cm³/mol. The lowest BCUT2D eigenvalue weighted by atomic mass is 10.3. The molecule has 2 heterocycles. The third-order valence-corrected chi connectivity index (χ3v) is 2.66. The van der Waals surface area contributed by atoms with Gasteiger partial charge in [0.1, 0.15) is 5.82 Å². The summed E-state index contributed by atoms with van der Waals surface area (Å²) in [6.45, 7) is 4.39. The van der Waals surface area contributed by atoms with Crippen molar-refractivity contribution in [1.82, 2.24) is 4.98 Å². The molecule has 0 aliphatic carbocycles. The number of pyridine rings is 1. The van der Waals surface area contributed by atoms with Crippen LogP contribution in [0.3, 0.4) is 0 Å². The second-order valence-corrected chi connectivity index (χ2v) is 4.11. The van der Waals surface area contributed by atoms with E-state index in [-0.39, 0.29) is 6.10 Å². The summed E-state index contributed by atoms with van der Waals surface area (Å²) in [7, 11) is 0. The fraction of sp³-hybridized carbons (Fsp3) is 0.500. The van der Waals surface area contributed by atoms with Crippen LogP contribution in [0.1, 0.15) is 6.92 Å². The first-order valence-electron chi connectivity index (χ1n) is 4.94. The Morgan fingerprint density at radius 1 is 1.67 bits per heavy atom. The zero-order valence-electron chi connectivity index (χ0n) is 8.61. The van der Waals surface area contributed by atoms with Crippen LogP contribution in [0.5, 0.6) is 0 Å². The van der Waals surface area contributed by atoms with Crippen molar-refractivity contribution in [1.29, 1.82) is 0 Å². The van der Waals surface area contributed by atoms with Gasteiger partial charge in [-0.15, -0.1) is 0 Å². The highest BCUT2D eigenvalue weighted by Gasteiger charge is 2.19. The standard InChI is InChI=1S/C10H14ClN3O/c1-7-6-14(2-3-15-7)10-9(11)4-8(12)5-13-10/h4-5,7H,2-3,6,12H2,1H3/t7-/m0/s1. The monoisotopic (exact) mass is 227 g/mol. The Balaban J connectivity index is 2.21. The Labute approximate surface area is 94.0 Å². The van der Waals surface area contributed by atoms with Crippen molar-refractivity contribution in [3.63, 3.8) is 0 Å². The second-order valence-electron chi connectivity index (χ2n) is 3.70. The molecule has 0 bridgehead atoms. The molecule has 2 rings (SSSR count). The molecule has 1 saturated heterocycles. The van der Waals surface area contributed by atoms with Crippen molar-refractivity contribution in [2.45, 2.75) is 13.0 Å². The summed E-state index contributed by atoms with van der Waals surface area (Å²) in [5, 5.41) is 0.601. The number of nitrogens with two attached hydrogens (primary N) is 1. The number of anilines is 2. The molecule has 0 spiro atoms. The highest BCUT2D eigenvalue weighted by molar-refractivity contribution is 6.33. The number of aromatic nitrogens is 1. The molecule has 0 aromatic carbocycles. The molecule has 2 N–H and O–H groups in total. The van der Waals surface area contributed by atoms with Gasteiger partial charge in [-0.25, -0.2) is 4.98 Å². The van der Waals surface area contributed by atoms with Crippen LogP contribution < -0.4 is 10.6 Å². The summed E-state index contributed by atoms with van der Waals surface area (Å²) >= 11 is 6.09. The molecule has 0 unspecified atom stereocenters. The summed E-state index contributed by atoms with van der Waals surface area (Å²) in [6.07, 6.45) is 1.84. The zero-order valence-corrected chi connectivity index (χ0v) is 9.37. The first kappa shape index (κ1) is 10.5. The molecular weight excluding hydrogens is 214 g/mol. The van der Waals surface area contributed by atoms with Gasteiger partial charge in [-0.05, 0) is 13.0 Å². The molecule has 82 valence electrons. The maximum atomic E-state index is 6.09. The first-order chi connectivity index (χ1) is 7.16. The number of hydrogen-bond donors (Lipinski definition) is 1. The van der Waals surface area contributed by atoms with Crippen LogP contribution in [0, 0.1) is 0 Å². The first-order valence-corrected chi connectivity index (χ1v) is 5.32. The van der Waals surface area contributed by atoms with Crippen molar-refractivity contribution in [2.75, 3.05) is 30.3 Å². The molecule has 4 nitrogen and oxygen atoms in total. The Kier molecular flexibility index (Phi) is 2.98. The number of nitrogen functional groups attached to an aromatic ring is 1. The minimum Gasteiger partial charge on any atom is -0.397 e. The lowest BCUT2D eigenvalue weighted by Crippen LogP contribution is -2.41. The minimum atomic E-state index is 0.217. The van der Waals surface area contributed by atoms with Gasteiger partial charge < -0.3 is 15.4 Å². The molecule has 5 heteroatoms. The van der Waals surface area contributed by atoms with Crippen molar-refractivity contribution in [3.05, 3.63) is 17.3 Å². The number of morpholine rings is 1. The highest BCUT2D eigenvalue weighted by atomic mass is 35.5. The third-order valence-electron chi connectivity index (χ3n) is 2.38. The third kappa shape index (κ3) is 2.33. The van der Waals surface area contributed by atoms with E-state index in [1.807, 2.05) is 6.92 Å². The van der Waals surface area contributed by atoms with Gasteiger partial charge in [0.25, 0.3) is 0 Å². The van der Waals surface area contributed by atoms with E-state index in [1.54, 1.807) is 12.3 Å². The Hall–Kier alpha value is -1.00. The SMILES string of the molecule is C[C@H]1CN(c2ncc(N)cc2Cl)CCO1. The van der Waals surface area contributed by atoms with Gasteiger partial charge >= 0.3 is 0 Å². The summed E-state index contributed by atoms with van der Waals surface area (Å²) in [4.78, 5) is 6.37. The van der Waals surface area contributed by atoms with Crippen LogP contribution in [0.4, 0.5) is 11.5 Å². The quantitative estimate of drug-likeness (QED) is 0.791. The van der Waals surface area contributed by atoms with Gasteiger partial charge in [0, 0.05) is 13.1 Å². The van der Waals surface area contributed by atoms with Crippen LogP contribution in [0.25, 0.3) is 0 Å². The van der Waals surface area contributed by atoms with E-state index in [9.17, 15) is 0 Å². The van der Waals surface area contributed by atoms with E-state index in [2.05, 4.69) is 9.88 Å². The smallest absolute Gasteiger partial charge is 0.147 e. The number of nitrogens with zero attached hydrogens (tertiary/aromatic N) is 2.